The molecule has 1 amide bonds. The summed E-state index contributed by atoms with van der Waals surface area (Å²) < 4.78 is 0. The molecule has 1 aromatic heterocycles. The van der Waals surface area contributed by atoms with Gasteiger partial charge in [0.05, 0.1) is 0 Å². The van der Waals surface area contributed by atoms with Crippen molar-refractivity contribution >= 4 is 11.7 Å². The summed E-state index contributed by atoms with van der Waals surface area (Å²) in [4.78, 5) is 11.8. The molecule has 2 rings (SSSR count). The number of carbonyl (C=O) groups excluding carboxylic acids is 1. The number of aromatic nitrogens is 2. The predicted octanol–water partition coefficient (Wildman–Crippen LogP) is 1.94. The summed E-state index contributed by atoms with van der Waals surface area (Å²) in [6, 6.07) is 1.56. The van der Waals surface area contributed by atoms with Gasteiger partial charge >= 0.3 is 0 Å². The minimum atomic E-state index is -0.114. The zero-order valence-corrected chi connectivity index (χ0v) is 10.9. The highest BCUT2D eigenvalue weighted by atomic mass is 16.1. The fourth-order valence-corrected chi connectivity index (χ4v) is 2.63. The average Bonchev–Trinajstić information content (AvgIpc) is 2.83. The number of hydrogen-bond acceptors (Lipinski definition) is 3. The lowest BCUT2D eigenvalue weighted by Gasteiger charge is -2.27. The third-order valence-corrected chi connectivity index (χ3v) is 3.94. The molecule has 1 saturated carbocycles. The van der Waals surface area contributed by atoms with Gasteiger partial charge in [0.15, 0.2) is 0 Å². The SMILES string of the molecule is CCC1CCC(CNC(=O)c2cc(N)n[nH]2)CC1. The van der Waals surface area contributed by atoms with E-state index >= 15 is 0 Å². The molecule has 1 aliphatic carbocycles. The van der Waals surface area contributed by atoms with Gasteiger partial charge in [0, 0.05) is 12.6 Å². The summed E-state index contributed by atoms with van der Waals surface area (Å²) in [5.41, 5.74) is 5.90. The Balaban J connectivity index is 1.74. The van der Waals surface area contributed by atoms with Crippen LogP contribution in [0.15, 0.2) is 6.07 Å². The van der Waals surface area contributed by atoms with Crippen LogP contribution < -0.4 is 11.1 Å². The van der Waals surface area contributed by atoms with E-state index in [2.05, 4.69) is 22.4 Å². The summed E-state index contributed by atoms with van der Waals surface area (Å²) in [7, 11) is 0. The number of nitrogens with two attached hydrogens (primary N) is 1. The molecule has 0 aliphatic heterocycles. The molecule has 1 aliphatic rings. The summed E-state index contributed by atoms with van der Waals surface area (Å²) in [6.07, 6.45) is 6.34. The molecule has 0 saturated heterocycles. The smallest absolute Gasteiger partial charge is 0.269 e. The largest absolute Gasteiger partial charge is 0.382 e. The minimum Gasteiger partial charge on any atom is -0.382 e. The van der Waals surface area contributed by atoms with E-state index in [0.717, 1.165) is 12.5 Å². The highest BCUT2D eigenvalue weighted by Crippen LogP contribution is 2.30. The Kier molecular flexibility index (Phi) is 4.23. The first-order chi connectivity index (χ1) is 8.69. The Morgan fingerprint density at radius 2 is 2.11 bits per heavy atom. The standard InChI is InChI=1S/C13H22N4O/c1-2-9-3-5-10(6-4-9)8-15-13(18)11-7-12(14)17-16-11/h7,9-10H,2-6,8H2,1H3,(H,15,18)(H3,14,16,17). The van der Waals surface area contributed by atoms with E-state index in [1.807, 2.05) is 0 Å². The Morgan fingerprint density at radius 3 is 2.67 bits per heavy atom. The molecular formula is C13H22N4O. The number of aromatic amines is 1. The van der Waals surface area contributed by atoms with Crippen molar-refractivity contribution in [3.05, 3.63) is 11.8 Å². The van der Waals surface area contributed by atoms with Gasteiger partial charge in [-0.1, -0.05) is 26.2 Å². The van der Waals surface area contributed by atoms with E-state index in [0.29, 0.717) is 17.4 Å². The number of anilines is 1. The van der Waals surface area contributed by atoms with Gasteiger partial charge in [-0.25, -0.2) is 0 Å². The number of nitrogens with zero attached hydrogens (tertiary/aromatic N) is 1. The average molecular weight is 250 g/mol. The Morgan fingerprint density at radius 1 is 1.44 bits per heavy atom. The Labute approximate surface area is 108 Å². The van der Waals surface area contributed by atoms with Crippen LogP contribution in [0.25, 0.3) is 0 Å². The number of rotatable bonds is 4. The number of nitrogen functional groups attached to an aromatic ring is 1. The summed E-state index contributed by atoms with van der Waals surface area (Å²) >= 11 is 0. The second-order valence-electron chi connectivity index (χ2n) is 5.21. The molecular weight excluding hydrogens is 228 g/mol. The molecule has 5 nitrogen and oxygen atoms in total. The van der Waals surface area contributed by atoms with E-state index in [-0.39, 0.29) is 5.91 Å². The number of hydrogen-bond donors (Lipinski definition) is 3. The molecule has 18 heavy (non-hydrogen) atoms. The maximum atomic E-state index is 11.8. The molecule has 0 unspecified atom stereocenters. The third kappa shape index (κ3) is 3.24. The summed E-state index contributed by atoms with van der Waals surface area (Å²) in [5.74, 6) is 1.75. The predicted molar refractivity (Wildman–Crippen MR) is 71.1 cm³/mol. The Hall–Kier alpha value is -1.52. The Bertz CT molecular complexity index is 393. The van der Waals surface area contributed by atoms with Crippen molar-refractivity contribution in [1.82, 2.24) is 15.5 Å². The van der Waals surface area contributed by atoms with E-state index in [1.54, 1.807) is 6.07 Å². The normalized spacial score (nSPS) is 23.8. The zero-order chi connectivity index (χ0) is 13.0. The van der Waals surface area contributed by atoms with Crippen LogP contribution in [0.1, 0.15) is 49.5 Å². The van der Waals surface area contributed by atoms with Gasteiger partial charge < -0.3 is 11.1 Å². The van der Waals surface area contributed by atoms with Crippen LogP contribution >= 0.6 is 0 Å². The molecule has 5 heteroatoms. The van der Waals surface area contributed by atoms with Crippen molar-refractivity contribution in [2.45, 2.75) is 39.0 Å². The highest BCUT2D eigenvalue weighted by molar-refractivity contribution is 5.92. The first kappa shape index (κ1) is 12.9. The van der Waals surface area contributed by atoms with E-state index in [4.69, 9.17) is 5.73 Å². The van der Waals surface area contributed by atoms with Gasteiger partial charge in [0.1, 0.15) is 11.5 Å². The molecule has 1 fully saturated rings. The molecule has 4 N–H and O–H groups in total. The fourth-order valence-electron chi connectivity index (χ4n) is 2.63. The maximum Gasteiger partial charge on any atom is 0.269 e. The molecule has 0 spiro atoms. The summed E-state index contributed by atoms with van der Waals surface area (Å²) in [5, 5.41) is 9.32. The molecule has 0 aromatic carbocycles. The van der Waals surface area contributed by atoms with E-state index in [9.17, 15) is 4.79 Å². The van der Waals surface area contributed by atoms with Crippen LogP contribution in [0, 0.1) is 11.8 Å². The van der Waals surface area contributed by atoms with Crippen molar-refractivity contribution in [1.29, 1.82) is 0 Å². The topological polar surface area (TPSA) is 83.8 Å². The second-order valence-corrected chi connectivity index (χ2v) is 5.21. The van der Waals surface area contributed by atoms with Gasteiger partial charge in [-0.3, -0.25) is 9.89 Å². The lowest BCUT2D eigenvalue weighted by molar-refractivity contribution is 0.0936. The first-order valence-electron chi connectivity index (χ1n) is 6.78. The number of amides is 1. The van der Waals surface area contributed by atoms with Gasteiger partial charge in [0.2, 0.25) is 0 Å². The molecule has 1 aromatic rings. The first-order valence-corrected chi connectivity index (χ1v) is 6.78. The van der Waals surface area contributed by atoms with Gasteiger partial charge in [-0.2, -0.15) is 5.10 Å². The van der Waals surface area contributed by atoms with Gasteiger partial charge in [0.25, 0.3) is 5.91 Å². The van der Waals surface area contributed by atoms with Crippen LogP contribution in [-0.4, -0.2) is 22.6 Å². The van der Waals surface area contributed by atoms with Crippen molar-refractivity contribution in [2.75, 3.05) is 12.3 Å². The van der Waals surface area contributed by atoms with Crippen LogP contribution in [0.4, 0.5) is 5.82 Å². The van der Waals surface area contributed by atoms with Crippen molar-refractivity contribution < 1.29 is 4.79 Å². The molecule has 0 radical (unpaired) electrons. The fraction of sp³-hybridized carbons (Fsp3) is 0.692. The van der Waals surface area contributed by atoms with Gasteiger partial charge in [-0.05, 0) is 24.7 Å². The van der Waals surface area contributed by atoms with Crippen LogP contribution in [0.2, 0.25) is 0 Å². The molecule has 0 atom stereocenters. The number of H-pyrrole nitrogens is 1. The molecule has 100 valence electrons. The monoisotopic (exact) mass is 250 g/mol. The number of carbonyl (C=O) groups is 1. The lowest BCUT2D eigenvalue weighted by Crippen LogP contribution is -2.31. The highest BCUT2D eigenvalue weighted by Gasteiger charge is 2.20. The van der Waals surface area contributed by atoms with Crippen LogP contribution in [0.3, 0.4) is 0 Å². The van der Waals surface area contributed by atoms with E-state index in [1.165, 1.54) is 32.1 Å². The van der Waals surface area contributed by atoms with Crippen molar-refractivity contribution in [2.24, 2.45) is 11.8 Å². The van der Waals surface area contributed by atoms with Crippen molar-refractivity contribution in [3.63, 3.8) is 0 Å². The van der Waals surface area contributed by atoms with Gasteiger partial charge in [-0.15, -0.1) is 0 Å². The minimum absolute atomic E-state index is 0.114. The van der Waals surface area contributed by atoms with Crippen molar-refractivity contribution in [3.8, 4) is 0 Å². The maximum absolute atomic E-state index is 11.8. The second kappa shape index (κ2) is 5.89. The third-order valence-electron chi connectivity index (χ3n) is 3.94. The number of nitrogens with one attached hydrogen (secondary N) is 2. The molecule has 0 bridgehead atoms. The molecule has 1 heterocycles. The lowest BCUT2D eigenvalue weighted by atomic mass is 9.81. The van der Waals surface area contributed by atoms with Crippen LogP contribution in [0.5, 0.6) is 0 Å². The summed E-state index contributed by atoms with van der Waals surface area (Å²) in [6.45, 7) is 3.02. The quantitative estimate of drug-likeness (QED) is 0.763. The van der Waals surface area contributed by atoms with Crippen LogP contribution in [-0.2, 0) is 0 Å². The zero-order valence-electron chi connectivity index (χ0n) is 10.9. The van der Waals surface area contributed by atoms with E-state index < -0.39 is 0 Å².